The Hall–Kier alpha value is -0.540. The third kappa shape index (κ3) is 4.29. The highest BCUT2D eigenvalue weighted by Crippen LogP contribution is 2.12. The molecule has 3 nitrogen and oxygen atoms in total. The van der Waals surface area contributed by atoms with E-state index >= 15 is 0 Å². The van der Waals surface area contributed by atoms with Crippen LogP contribution in [0.1, 0.15) is 26.7 Å². The predicted octanol–water partition coefficient (Wildman–Crippen LogP) is 1.23. The number of rotatable bonds is 5. The van der Waals surface area contributed by atoms with Gasteiger partial charge in [0.05, 0.1) is 5.54 Å². The van der Waals surface area contributed by atoms with Crippen molar-refractivity contribution in [2.24, 2.45) is 5.73 Å². The first-order chi connectivity index (χ1) is 5.64. The van der Waals surface area contributed by atoms with E-state index in [1.165, 1.54) is 6.08 Å². The largest absolute Gasteiger partial charge is 0.346 e. The van der Waals surface area contributed by atoms with E-state index in [1.807, 2.05) is 13.8 Å². The SMILES string of the molecule is C=CC(=O)NC(CC)(CC)CN.Cl. The van der Waals surface area contributed by atoms with Gasteiger partial charge < -0.3 is 11.1 Å². The summed E-state index contributed by atoms with van der Waals surface area (Å²) in [6, 6.07) is 0. The number of halogens is 1. The number of hydrogen-bond acceptors (Lipinski definition) is 2. The van der Waals surface area contributed by atoms with E-state index in [9.17, 15) is 4.79 Å². The molecule has 0 aromatic rings. The van der Waals surface area contributed by atoms with E-state index in [0.717, 1.165) is 12.8 Å². The lowest BCUT2D eigenvalue weighted by Gasteiger charge is -2.30. The number of nitrogens with one attached hydrogen (secondary N) is 1. The number of nitrogens with two attached hydrogens (primary N) is 1. The van der Waals surface area contributed by atoms with Crippen molar-refractivity contribution in [1.29, 1.82) is 0 Å². The first-order valence-corrected chi connectivity index (χ1v) is 4.28. The van der Waals surface area contributed by atoms with Crippen LogP contribution < -0.4 is 11.1 Å². The predicted molar refractivity (Wildman–Crippen MR) is 58.0 cm³/mol. The maximum absolute atomic E-state index is 11.0. The van der Waals surface area contributed by atoms with Crippen LogP contribution in [0, 0.1) is 0 Å². The van der Waals surface area contributed by atoms with E-state index in [2.05, 4.69) is 11.9 Å². The van der Waals surface area contributed by atoms with Crippen molar-refractivity contribution in [1.82, 2.24) is 5.32 Å². The molecule has 1 amide bonds. The second-order valence-corrected chi connectivity index (χ2v) is 2.88. The van der Waals surface area contributed by atoms with Crippen LogP contribution in [0.4, 0.5) is 0 Å². The Morgan fingerprint density at radius 3 is 2.23 bits per heavy atom. The van der Waals surface area contributed by atoms with Gasteiger partial charge in [-0.25, -0.2) is 0 Å². The molecule has 0 heterocycles. The summed E-state index contributed by atoms with van der Waals surface area (Å²) in [6.07, 6.45) is 2.97. The average molecular weight is 207 g/mol. The van der Waals surface area contributed by atoms with Crippen LogP contribution in [-0.2, 0) is 4.79 Å². The number of hydrogen-bond donors (Lipinski definition) is 2. The second kappa shape index (κ2) is 6.92. The van der Waals surface area contributed by atoms with E-state index in [1.54, 1.807) is 0 Å². The highest BCUT2D eigenvalue weighted by atomic mass is 35.5. The monoisotopic (exact) mass is 206 g/mol. The summed E-state index contributed by atoms with van der Waals surface area (Å²) in [7, 11) is 0. The first-order valence-electron chi connectivity index (χ1n) is 4.28. The van der Waals surface area contributed by atoms with Crippen LogP contribution >= 0.6 is 12.4 Å². The second-order valence-electron chi connectivity index (χ2n) is 2.88. The van der Waals surface area contributed by atoms with Gasteiger partial charge in [-0.2, -0.15) is 0 Å². The zero-order valence-electron chi connectivity index (χ0n) is 8.30. The summed E-state index contributed by atoms with van der Waals surface area (Å²) in [5.74, 6) is -0.149. The lowest BCUT2D eigenvalue weighted by molar-refractivity contribution is -0.118. The summed E-state index contributed by atoms with van der Waals surface area (Å²) in [4.78, 5) is 11.0. The maximum atomic E-state index is 11.0. The van der Waals surface area contributed by atoms with Gasteiger partial charge >= 0.3 is 0 Å². The molecule has 0 rings (SSSR count). The molecular formula is C9H19ClN2O. The zero-order valence-corrected chi connectivity index (χ0v) is 9.12. The van der Waals surface area contributed by atoms with Gasteiger partial charge in [-0.05, 0) is 18.9 Å². The molecule has 0 bridgehead atoms. The van der Waals surface area contributed by atoms with Crippen molar-refractivity contribution in [3.8, 4) is 0 Å². The quantitative estimate of drug-likeness (QED) is 0.665. The molecule has 0 saturated carbocycles. The molecule has 0 aliphatic rings. The van der Waals surface area contributed by atoms with Crippen molar-refractivity contribution in [2.75, 3.05) is 6.54 Å². The van der Waals surface area contributed by atoms with Crippen molar-refractivity contribution in [3.05, 3.63) is 12.7 Å². The van der Waals surface area contributed by atoms with Crippen LogP contribution in [0.5, 0.6) is 0 Å². The van der Waals surface area contributed by atoms with Gasteiger partial charge in [-0.3, -0.25) is 4.79 Å². The minimum absolute atomic E-state index is 0. The molecule has 0 radical (unpaired) electrons. The Balaban J connectivity index is 0. The number of amides is 1. The maximum Gasteiger partial charge on any atom is 0.243 e. The fraction of sp³-hybridized carbons (Fsp3) is 0.667. The molecular weight excluding hydrogens is 188 g/mol. The Kier molecular flexibility index (Phi) is 7.96. The van der Waals surface area contributed by atoms with Gasteiger partial charge in [-0.15, -0.1) is 12.4 Å². The summed E-state index contributed by atoms with van der Waals surface area (Å²) < 4.78 is 0. The fourth-order valence-electron chi connectivity index (χ4n) is 1.08. The summed E-state index contributed by atoms with van der Waals surface area (Å²) in [5, 5.41) is 2.85. The third-order valence-electron chi connectivity index (χ3n) is 2.32. The third-order valence-corrected chi connectivity index (χ3v) is 2.32. The van der Waals surface area contributed by atoms with Crippen LogP contribution in [0.2, 0.25) is 0 Å². The molecule has 0 spiro atoms. The van der Waals surface area contributed by atoms with Gasteiger partial charge in [0.2, 0.25) is 5.91 Å². The van der Waals surface area contributed by atoms with Crippen LogP contribution in [-0.4, -0.2) is 18.0 Å². The molecule has 0 saturated heterocycles. The summed E-state index contributed by atoms with van der Waals surface area (Å²) >= 11 is 0. The minimum atomic E-state index is -0.245. The highest BCUT2D eigenvalue weighted by molar-refractivity contribution is 5.87. The number of carbonyl (C=O) groups excluding carboxylic acids is 1. The van der Waals surface area contributed by atoms with Crippen molar-refractivity contribution in [2.45, 2.75) is 32.2 Å². The molecule has 0 unspecified atom stereocenters. The molecule has 0 atom stereocenters. The van der Waals surface area contributed by atoms with E-state index in [4.69, 9.17) is 5.73 Å². The zero-order chi connectivity index (χ0) is 9.61. The Labute approximate surface area is 86.2 Å². The lowest BCUT2D eigenvalue weighted by atomic mass is 9.93. The van der Waals surface area contributed by atoms with E-state index < -0.39 is 0 Å². The Bertz CT molecular complexity index is 159. The van der Waals surface area contributed by atoms with Gasteiger partial charge in [0.25, 0.3) is 0 Å². The fourth-order valence-corrected chi connectivity index (χ4v) is 1.08. The van der Waals surface area contributed by atoms with Crippen molar-refractivity contribution >= 4 is 18.3 Å². The van der Waals surface area contributed by atoms with Crippen molar-refractivity contribution in [3.63, 3.8) is 0 Å². The first kappa shape index (κ1) is 15.0. The van der Waals surface area contributed by atoms with Gasteiger partial charge in [0, 0.05) is 6.54 Å². The lowest BCUT2D eigenvalue weighted by Crippen LogP contribution is -2.52. The van der Waals surface area contributed by atoms with E-state index in [0.29, 0.717) is 6.54 Å². The Morgan fingerprint density at radius 1 is 1.54 bits per heavy atom. The minimum Gasteiger partial charge on any atom is -0.346 e. The molecule has 0 fully saturated rings. The average Bonchev–Trinajstić information content (AvgIpc) is 2.14. The van der Waals surface area contributed by atoms with Crippen LogP contribution in [0.25, 0.3) is 0 Å². The molecule has 4 heteroatoms. The smallest absolute Gasteiger partial charge is 0.243 e. The van der Waals surface area contributed by atoms with E-state index in [-0.39, 0.29) is 23.9 Å². The topological polar surface area (TPSA) is 55.1 Å². The Morgan fingerprint density at radius 2 is 2.00 bits per heavy atom. The molecule has 0 aliphatic carbocycles. The molecule has 78 valence electrons. The standard InChI is InChI=1S/C9H18N2O.ClH/c1-4-8(12)11-9(5-2,6-3)7-10;/h4H,1,5-7,10H2,2-3H3,(H,11,12);1H. The van der Waals surface area contributed by atoms with Gasteiger partial charge in [0.1, 0.15) is 0 Å². The number of carbonyl (C=O) groups is 1. The van der Waals surface area contributed by atoms with Crippen LogP contribution in [0.15, 0.2) is 12.7 Å². The molecule has 0 aromatic heterocycles. The van der Waals surface area contributed by atoms with Gasteiger partial charge in [0.15, 0.2) is 0 Å². The molecule has 0 aromatic carbocycles. The van der Waals surface area contributed by atoms with Crippen molar-refractivity contribution < 1.29 is 4.79 Å². The molecule has 13 heavy (non-hydrogen) atoms. The summed E-state index contributed by atoms with van der Waals surface area (Å²) in [5.41, 5.74) is 5.34. The van der Waals surface area contributed by atoms with Gasteiger partial charge in [-0.1, -0.05) is 20.4 Å². The highest BCUT2D eigenvalue weighted by Gasteiger charge is 2.24. The normalized spacial score (nSPS) is 10.1. The molecule has 0 aliphatic heterocycles. The summed E-state index contributed by atoms with van der Waals surface area (Å²) in [6.45, 7) is 7.89. The van der Waals surface area contributed by atoms with Crippen LogP contribution in [0.3, 0.4) is 0 Å². The molecule has 3 N–H and O–H groups in total.